The normalized spacial score (nSPS) is 11.2. The minimum atomic E-state index is -0.220. The van der Waals surface area contributed by atoms with E-state index in [4.69, 9.17) is 0 Å². The van der Waals surface area contributed by atoms with E-state index in [-0.39, 0.29) is 23.5 Å². The van der Waals surface area contributed by atoms with E-state index in [1.807, 2.05) is 34.6 Å². The van der Waals surface area contributed by atoms with Gasteiger partial charge in [0.05, 0.1) is 0 Å². The van der Waals surface area contributed by atoms with Crippen molar-refractivity contribution in [3.63, 3.8) is 0 Å². The predicted octanol–water partition coefficient (Wildman–Crippen LogP) is 1.34. The molecule has 0 fully saturated rings. The predicted molar refractivity (Wildman–Crippen MR) is 68.8 cm³/mol. The molecule has 0 saturated carbocycles. The van der Waals surface area contributed by atoms with Crippen molar-refractivity contribution < 1.29 is 9.59 Å². The highest BCUT2D eigenvalue weighted by Gasteiger charge is 2.23. The van der Waals surface area contributed by atoms with Crippen LogP contribution in [0.5, 0.6) is 0 Å². The van der Waals surface area contributed by atoms with E-state index in [0.29, 0.717) is 13.1 Å². The second-order valence-corrected chi connectivity index (χ2v) is 5.40. The molecule has 100 valence electrons. The van der Waals surface area contributed by atoms with Crippen LogP contribution in [0.3, 0.4) is 0 Å². The summed E-state index contributed by atoms with van der Waals surface area (Å²) in [5.74, 6) is 0.0172. The maximum atomic E-state index is 11.4. The first-order valence-corrected chi connectivity index (χ1v) is 5.97. The fraction of sp³-hybridized carbons (Fsp3) is 0.833. The molecule has 0 spiro atoms. The van der Waals surface area contributed by atoms with E-state index in [1.54, 1.807) is 11.8 Å². The number of urea groups is 1. The van der Waals surface area contributed by atoms with E-state index in [9.17, 15) is 9.59 Å². The summed E-state index contributed by atoms with van der Waals surface area (Å²) in [7, 11) is 0. The van der Waals surface area contributed by atoms with Crippen molar-refractivity contribution in [2.75, 3.05) is 13.1 Å². The lowest BCUT2D eigenvalue weighted by atomic mass is 10.1. The van der Waals surface area contributed by atoms with Crippen LogP contribution < -0.4 is 10.6 Å². The largest absolute Gasteiger partial charge is 0.336 e. The van der Waals surface area contributed by atoms with Crippen molar-refractivity contribution in [3.8, 4) is 0 Å². The highest BCUT2D eigenvalue weighted by atomic mass is 16.2. The molecule has 0 aromatic carbocycles. The van der Waals surface area contributed by atoms with Crippen molar-refractivity contribution in [3.05, 3.63) is 0 Å². The highest BCUT2D eigenvalue weighted by Crippen LogP contribution is 2.12. The Morgan fingerprint density at radius 2 is 1.76 bits per heavy atom. The number of nitrogens with one attached hydrogen (secondary N) is 2. The van der Waals surface area contributed by atoms with E-state index >= 15 is 0 Å². The number of carbonyl (C=O) groups excluding carboxylic acids is 2. The van der Waals surface area contributed by atoms with Crippen LogP contribution in [0.15, 0.2) is 0 Å². The first kappa shape index (κ1) is 15.7. The van der Waals surface area contributed by atoms with Gasteiger partial charge in [-0.1, -0.05) is 0 Å². The van der Waals surface area contributed by atoms with Gasteiger partial charge in [0.25, 0.3) is 0 Å². The molecule has 0 unspecified atom stereocenters. The molecule has 0 bridgehead atoms. The van der Waals surface area contributed by atoms with Gasteiger partial charge in [-0.2, -0.15) is 0 Å². The third-order valence-corrected chi connectivity index (χ3v) is 2.23. The van der Waals surface area contributed by atoms with Crippen molar-refractivity contribution in [1.82, 2.24) is 15.5 Å². The van der Waals surface area contributed by atoms with Gasteiger partial charge in [0.2, 0.25) is 5.91 Å². The Hall–Kier alpha value is -1.26. The fourth-order valence-electron chi connectivity index (χ4n) is 1.56. The Bertz CT molecular complexity index is 269. The number of hydrogen-bond donors (Lipinski definition) is 2. The smallest absolute Gasteiger partial charge is 0.315 e. The van der Waals surface area contributed by atoms with E-state index in [2.05, 4.69) is 10.6 Å². The first-order valence-electron chi connectivity index (χ1n) is 5.97. The lowest BCUT2D eigenvalue weighted by Gasteiger charge is -2.35. The van der Waals surface area contributed by atoms with Crippen LogP contribution in [0, 0.1) is 0 Å². The van der Waals surface area contributed by atoms with Gasteiger partial charge in [0.1, 0.15) is 0 Å². The van der Waals surface area contributed by atoms with Crippen molar-refractivity contribution in [2.24, 2.45) is 0 Å². The zero-order valence-corrected chi connectivity index (χ0v) is 11.8. The topological polar surface area (TPSA) is 61.4 Å². The van der Waals surface area contributed by atoms with Crippen LogP contribution in [0.25, 0.3) is 0 Å². The molecule has 0 aliphatic heterocycles. The average molecular weight is 243 g/mol. The number of rotatable bonds is 4. The van der Waals surface area contributed by atoms with Gasteiger partial charge in [0.15, 0.2) is 0 Å². The van der Waals surface area contributed by atoms with Gasteiger partial charge in [0, 0.05) is 31.6 Å². The molecule has 0 atom stereocenters. The van der Waals surface area contributed by atoms with Crippen LogP contribution in [0.4, 0.5) is 4.79 Å². The minimum Gasteiger partial charge on any atom is -0.336 e. The molecule has 5 heteroatoms. The van der Waals surface area contributed by atoms with Gasteiger partial charge in [-0.25, -0.2) is 4.79 Å². The summed E-state index contributed by atoms with van der Waals surface area (Å²) in [5.41, 5.74) is -0.220. The summed E-state index contributed by atoms with van der Waals surface area (Å²) in [6, 6.07) is -0.0843. The molecule has 0 aromatic heterocycles. The number of nitrogens with zero attached hydrogens (tertiary/aromatic N) is 1. The molecule has 0 heterocycles. The maximum absolute atomic E-state index is 11.4. The lowest BCUT2D eigenvalue weighted by molar-refractivity contribution is -0.133. The van der Waals surface area contributed by atoms with Crippen molar-refractivity contribution >= 4 is 11.9 Å². The zero-order chi connectivity index (χ0) is 13.6. The summed E-state index contributed by atoms with van der Waals surface area (Å²) in [6.45, 7) is 12.2. The van der Waals surface area contributed by atoms with Crippen LogP contribution >= 0.6 is 0 Å². The molecule has 0 radical (unpaired) electrons. The Labute approximate surface area is 104 Å². The Balaban J connectivity index is 4.08. The molecule has 0 aliphatic rings. The van der Waals surface area contributed by atoms with Crippen molar-refractivity contribution in [1.29, 1.82) is 0 Å². The van der Waals surface area contributed by atoms with Crippen LogP contribution in [0.1, 0.15) is 41.5 Å². The quantitative estimate of drug-likeness (QED) is 0.782. The second kappa shape index (κ2) is 6.47. The van der Waals surface area contributed by atoms with Gasteiger partial charge >= 0.3 is 6.03 Å². The van der Waals surface area contributed by atoms with Gasteiger partial charge in [-0.3, -0.25) is 4.79 Å². The maximum Gasteiger partial charge on any atom is 0.315 e. The van der Waals surface area contributed by atoms with Gasteiger partial charge in [-0.15, -0.1) is 0 Å². The van der Waals surface area contributed by atoms with E-state index < -0.39 is 0 Å². The monoisotopic (exact) mass is 243 g/mol. The lowest BCUT2D eigenvalue weighted by Crippen LogP contribution is -2.49. The summed E-state index contributed by atoms with van der Waals surface area (Å²) >= 11 is 0. The molecular weight excluding hydrogens is 218 g/mol. The van der Waals surface area contributed by atoms with Crippen LogP contribution in [-0.4, -0.2) is 41.5 Å². The number of carbonyl (C=O) groups is 2. The number of hydrogen-bond acceptors (Lipinski definition) is 2. The van der Waals surface area contributed by atoms with Crippen LogP contribution in [0.2, 0.25) is 0 Å². The van der Waals surface area contributed by atoms with Gasteiger partial charge < -0.3 is 15.5 Å². The third-order valence-electron chi connectivity index (χ3n) is 2.23. The fourth-order valence-corrected chi connectivity index (χ4v) is 1.56. The van der Waals surface area contributed by atoms with Gasteiger partial charge in [-0.05, 0) is 34.6 Å². The van der Waals surface area contributed by atoms with E-state index in [0.717, 1.165) is 0 Å². The molecule has 0 aromatic rings. The zero-order valence-electron chi connectivity index (χ0n) is 11.8. The molecule has 0 rings (SSSR count). The summed E-state index contributed by atoms with van der Waals surface area (Å²) in [5, 5.41) is 5.46. The Kier molecular flexibility index (Phi) is 5.99. The van der Waals surface area contributed by atoms with E-state index in [1.165, 1.54) is 0 Å². The molecular formula is C12H25N3O2. The Morgan fingerprint density at radius 3 is 2.12 bits per heavy atom. The SMILES string of the molecule is CC(=O)N(CCNC(=O)NC(C)C)C(C)(C)C. The highest BCUT2D eigenvalue weighted by molar-refractivity contribution is 5.75. The molecule has 2 N–H and O–H groups in total. The summed E-state index contributed by atoms with van der Waals surface area (Å²) in [4.78, 5) is 24.5. The molecule has 5 nitrogen and oxygen atoms in total. The summed E-state index contributed by atoms with van der Waals surface area (Å²) < 4.78 is 0. The molecule has 0 aliphatic carbocycles. The second-order valence-electron chi connectivity index (χ2n) is 5.40. The molecule has 17 heavy (non-hydrogen) atoms. The Morgan fingerprint density at radius 1 is 1.24 bits per heavy atom. The molecule has 0 saturated heterocycles. The standard InChI is InChI=1S/C12H25N3O2/c1-9(2)14-11(17)13-7-8-15(10(3)16)12(4,5)6/h9H,7-8H2,1-6H3,(H2,13,14,17). The van der Waals surface area contributed by atoms with Crippen LogP contribution in [-0.2, 0) is 4.79 Å². The number of amides is 3. The summed E-state index contributed by atoms with van der Waals surface area (Å²) in [6.07, 6.45) is 0. The minimum absolute atomic E-state index is 0.0172. The molecule has 3 amide bonds. The first-order chi connectivity index (χ1) is 7.64. The van der Waals surface area contributed by atoms with Crippen molar-refractivity contribution in [2.45, 2.75) is 53.1 Å². The average Bonchev–Trinajstić information content (AvgIpc) is 2.08. The third kappa shape index (κ3) is 6.81.